The van der Waals surface area contributed by atoms with Gasteiger partial charge < -0.3 is 19.6 Å². The molecule has 0 unspecified atom stereocenters. The van der Waals surface area contributed by atoms with Crippen molar-refractivity contribution in [3.8, 4) is 5.75 Å². The predicted octanol–water partition coefficient (Wildman–Crippen LogP) is 2.05. The molecule has 0 aliphatic carbocycles. The molecule has 4 rings (SSSR count). The van der Waals surface area contributed by atoms with E-state index in [4.69, 9.17) is 4.74 Å². The smallest absolute Gasteiger partial charge is 0.273 e. The summed E-state index contributed by atoms with van der Waals surface area (Å²) in [6.45, 7) is 11.2. The van der Waals surface area contributed by atoms with Gasteiger partial charge in [0.25, 0.3) is 5.56 Å². The number of aliphatic hydroxyl groups excluding tert-OH is 1. The minimum absolute atomic E-state index is 0.101. The molecule has 0 spiro atoms. The van der Waals surface area contributed by atoms with E-state index in [0.29, 0.717) is 10.3 Å². The highest BCUT2D eigenvalue weighted by Gasteiger charge is 2.21. The summed E-state index contributed by atoms with van der Waals surface area (Å²) in [5.41, 5.74) is 2.48. The van der Waals surface area contributed by atoms with Crippen LogP contribution < -0.4 is 15.2 Å². The lowest BCUT2D eigenvalue weighted by molar-refractivity contribution is 0.0911. The van der Waals surface area contributed by atoms with Crippen LogP contribution in [0.15, 0.2) is 29.3 Å². The zero-order chi connectivity index (χ0) is 22.0. The molecular formula is C22H29N5O3S. The lowest BCUT2D eigenvalue weighted by Gasteiger charge is -2.33. The van der Waals surface area contributed by atoms with Crippen molar-refractivity contribution in [3.63, 3.8) is 0 Å². The largest absolute Gasteiger partial charge is 0.491 e. The van der Waals surface area contributed by atoms with Crippen LogP contribution in [0.3, 0.4) is 0 Å². The van der Waals surface area contributed by atoms with Crippen molar-refractivity contribution in [1.82, 2.24) is 19.4 Å². The number of hydrogen-bond donors (Lipinski definition) is 1. The maximum atomic E-state index is 12.9. The van der Waals surface area contributed by atoms with E-state index in [1.165, 1.54) is 22.2 Å². The third-order valence-corrected chi connectivity index (χ3v) is 6.72. The molecule has 3 aromatic rings. The molecule has 0 bridgehead atoms. The van der Waals surface area contributed by atoms with Crippen LogP contribution in [0.2, 0.25) is 0 Å². The summed E-state index contributed by atoms with van der Waals surface area (Å²) in [7, 11) is 0. The highest BCUT2D eigenvalue weighted by atomic mass is 32.1. The van der Waals surface area contributed by atoms with E-state index >= 15 is 0 Å². The Bertz CT molecular complexity index is 1100. The number of likely N-dealkylation sites (N-methyl/N-ethyl adjacent to an activating group) is 1. The minimum Gasteiger partial charge on any atom is -0.491 e. The van der Waals surface area contributed by atoms with E-state index in [0.717, 1.165) is 54.7 Å². The summed E-state index contributed by atoms with van der Waals surface area (Å²) in [4.78, 5) is 26.5. The summed E-state index contributed by atoms with van der Waals surface area (Å²) in [6.07, 6.45) is 0.635. The van der Waals surface area contributed by atoms with E-state index in [2.05, 4.69) is 26.7 Å². The van der Waals surface area contributed by atoms with Gasteiger partial charge in [-0.1, -0.05) is 36.0 Å². The van der Waals surface area contributed by atoms with Gasteiger partial charge in [-0.05, 0) is 32.0 Å². The van der Waals surface area contributed by atoms with Gasteiger partial charge in [0.2, 0.25) is 0 Å². The van der Waals surface area contributed by atoms with Gasteiger partial charge in [-0.25, -0.2) is 4.98 Å². The number of aromatic nitrogens is 3. The van der Waals surface area contributed by atoms with Crippen molar-refractivity contribution in [2.45, 2.75) is 33.4 Å². The second kappa shape index (κ2) is 9.33. The molecule has 1 fully saturated rings. The second-order valence-electron chi connectivity index (χ2n) is 8.01. The molecule has 1 aliphatic rings. The molecule has 8 nitrogen and oxygen atoms in total. The number of fused-ring (bicyclic) bond motifs is 1. The van der Waals surface area contributed by atoms with Crippen molar-refractivity contribution in [3.05, 3.63) is 46.0 Å². The van der Waals surface area contributed by atoms with Crippen LogP contribution in [0.1, 0.15) is 18.1 Å². The summed E-state index contributed by atoms with van der Waals surface area (Å²) in [6, 6.07) is 5.91. The Morgan fingerprint density at radius 2 is 2.00 bits per heavy atom. The minimum atomic E-state index is -0.827. The number of hydrogen-bond acceptors (Lipinski definition) is 8. The van der Waals surface area contributed by atoms with E-state index < -0.39 is 6.10 Å². The number of benzene rings is 1. The zero-order valence-electron chi connectivity index (χ0n) is 18.2. The number of thiazole rings is 1. The normalized spacial score (nSPS) is 16.1. The van der Waals surface area contributed by atoms with Gasteiger partial charge in [0, 0.05) is 26.2 Å². The Hall–Kier alpha value is -2.49. The lowest BCUT2D eigenvalue weighted by Crippen LogP contribution is -2.46. The van der Waals surface area contributed by atoms with Crippen LogP contribution in [-0.2, 0) is 6.54 Å². The van der Waals surface area contributed by atoms with Crippen molar-refractivity contribution in [1.29, 1.82) is 0 Å². The highest BCUT2D eigenvalue weighted by Crippen LogP contribution is 2.26. The van der Waals surface area contributed by atoms with Gasteiger partial charge in [-0.3, -0.25) is 9.36 Å². The van der Waals surface area contributed by atoms with Gasteiger partial charge in [-0.15, -0.1) is 0 Å². The van der Waals surface area contributed by atoms with Crippen LogP contribution in [0.25, 0.3) is 10.3 Å². The van der Waals surface area contributed by atoms with Gasteiger partial charge >= 0.3 is 0 Å². The second-order valence-corrected chi connectivity index (χ2v) is 8.98. The molecule has 0 saturated carbocycles. The Kier molecular flexibility index (Phi) is 6.54. The number of ether oxygens (including phenoxy) is 1. The number of anilines is 1. The van der Waals surface area contributed by atoms with E-state index in [1.807, 2.05) is 32.0 Å². The molecule has 1 saturated heterocycles. The number of piperazine rings is 1. The SMILES string of the molecule is CCN1CCN(c2nc3ncn(C[C@@H](O)COc4ccc(C)cc4C)c(=O)c3s2)CC1. The topological polar surface area (TPSA) is 83.7 Å². The molecule has 1 aromatic carbocycles. The van der Waals surface area contributed by atoms with Crippen LogP contribution in [0.5, 0.6) is 5.75 Å². The fourth-order valence-electron chi connectivity index (χ4n) is 3.78. The Balaban J connectivity index is 1.43. The van der Waals surface area contributed by atoms with Gasteiger partial charge in [0.15, 0.2) is 10.8 Å². The maximum Gasteiger partial charge on any atom is 0.273 e. The van der Waals surface area contributed by atoms with Crippen LogP contribution in [0.4, 0.5) is 5.13 Å². The number of rotatable bonds is 7. The van der Waals surface area contributed by atoms with Gasteiger partial charge in [0.1, 0.15) is 29.5 Å². The summed E-state index contributed by atoms with van der Waals surface area (Å²) >= 11 is 1.38. The van der Waals surface area contributed by atoms with Crippen LogP contribution in [-0.4, -0.2) is 70.0 Å². The molecule has 9 heteroatoms. The molecular weight excluding hydrogens is 414 g/mol. The Labute approximate surface area is 185 Å². The summed E-state index contributed by atoms with van der Waals surface area (Å²) in [5.74, 6) is 0.737. The monoisotopic (exact) mass is 443 g/mol. The fourth-order valence-corrected chi connectivity index (χ4v) is 4.80. The lowest BCUT2D eigenvalue weighted by atomic mass is 10.1. The van der Waals surface area contributed by atoms with Gasteiger partial charge in [0.05, 0.1) is 6.54 Å². The standard InChI is InChI=1S/C22H29N5O3S/c1-4-25-7-9-26(10-8-25)22-24-20-19(31-22)21(29)27(14-23-20)12-17(28)13-30-18-6-5-15(2)11-16(18)3/h5-6,11,14,17,28H,4,7-10,12-13H2,1-3H3/t17-/m1/s1. The highest BCUT2D eigenvalue weighted by molar-refractivity contribution is 7.22. The Morgan fingerprint density at radius 1 is 1.23 bits per heavy atom. The van der Waals surface area contributed by atoms with Crippen molar-refractivity contribution < 1.29 is 9.84 Å². The first-order valence-electron chi connectivity index (χ1n) is 10.7. The molecule has 1 N–H and O–H groups in total. The van der Waals surface area contributed by atoms with Crippen molar-refractivity contribution in [2.75, 3.05) is 44.2 Å². The summed E-state index contributed by atoms with van der Waals surface area (Å²) in [5, 5.41) is 11.3. The maximum absolute atomic E-state index is 12.9. The molecule has 31 heavy (non-hydrogen) atoms. The van der Waals surface area contributed by atoms with Crippen LogP contribution >= 0.6 is 11.3 Å². The molecule has 2 aromatic heterocycles. The zero-order valence-corrected chi connectivity index (χ0v) is 19.1. The molecule has 0 amide bonds. The van der Waals surface area contributed by atoms with Crippen LogP contribution in [0, 0.1) is 13.8 Å². The predicted molar refractivity (Wildman–Crippen MR) is 123 cm³/mol. The van der Waals surface area contributed by atoms with E-state index in [-0.39, 0.29) is 18.7 Å². The molecule has 0 radical (unpaired) electrons. The molecule has 1 atom stereocenters. The Morgan fingerprint density at radius 3 is 2.71 bits per heavy atom. The first-order chi connectivity index (χ1) is 14.9. The first-order valence-corrected chi connectivity index (χ1v) is 11.5. The van der Waals surface area contributed by atoms with Crippen molar-refractivity contribution >= 4 is 26.8 Å². The van der Waals surface area contributed by atoms with Gasteiger partial charge in [-0.2, -0.15) is 4.98 Å². The number of aliphatic hydroxyl groups is 1. The summed E-state index contributed by atoms with van der Waals surface area (Å²) < 4.78 is 7.71. The molecule has 166 valence electrons. The molecule has 3 heterocycles. The molecule has 1 aliphatic heterocycles. The quantitative estimate of drug-likeness (QED) is 0.598. The first kappa shape index (κ1) is 21.7. The fraction of sp³-hybridized carbons (Fsp3) is 0.500. The number of nitrogens with zero attached hydrogens (tertiary/aromatic N) is 5. The third-order valence-electron chi connectivity index (χ3n) is 5.63. The van der Waals surface area contributed by atoms with E-state index in [1.54, 1.807) is 0 Å². The van der Waals surface area contributed by atoms with Crippen molar-refractivity contribution in [2.24, 2.45) is 0 Å². The van der Waals surface area contributed by atoms with E-state index in [9.17, 15) is 9.90 Å². The average Bonchev–Trinajstić information content (AvgIpc) is 3.20. The average molecular weight is 444 g/mol. The number of aryl methyl sites for hydroxylation is 2. The third kappa shape index (κ3) is 4.89.